The number of aromatic nitrogens is 1. The summed E-state index contributed by atoms with van der Waals surface area (Å²) in [5.41, 5.74) is 1.91. The van der Waals surface area contributed by atoms with Gasteiger partial charge in [-0.2, -0.15) is 0 Å². The summed E-state index contributed by atoms with van der Waals surface area (Å²) in [5, 5.41) is 10.5. The Hall–Kier alpha value is -1.48. The molecule has 2 aromatic rings. The van der Waals surface area contributed by atoms with E-state index in [0.29, 0.717) is 0 Å². The lowest BCUT2D eigenvalue weighted by atomic mass is 10.1. The minimum atomic E-state index is -0.447. The number of aromatic amines is 1. The van der Waals surface area contributed by atoms with Crippen molar-refractivity contribution in [3.63, 3.8) is 0 Å². The largest absolute Gasteiger partial charge is 0.497 e. The highest BCUT2D eigenvalue weighted by Crippen LogP contribution is 2.26. The maximum absolute atomic E-state index is 9.49. The molecule has 1 atom stereocenters. The number of fused-ring (bicyclic) bond motifs is 1. The Labute approximate surface area is 82.3 Å². The molecular weight excluding hydrogens is 178 g/mol. The molecule has 2 N–H and O–H groups in total. The molecule has 1 aromatic heterocycles. The van der Waals surface area contributed by atoms with Crippen LogP contribution in [-0.2, 0) is 0 Å². The summed E-state index contributed by atoms with van der Waals surface area (Å²) in [7, 11) is 1.64. The summed E-state index contributed by atoms with van der Waals surface area (Å²) in [4.78, 5) is 3.10. The van der Waals surface area contributed by atoms with Crippen LogP contribution < -0.4 is 4.74 Å². The number of aliphatic hydroxyl groups excluding tert-OH is 1. The van der Waals surface area contributed by atoms with Crippen molar-refractivity contribution in [2.45, 2.75) is 13.0 Å². The van der Waals surface area contributed by atoms with Gasteiger partial charge in [0.2, 0.25) is 0 Å². The Kier molecular flexibility index (Phi) is 2.17. The molecule has 1 heterocycles. The van der Waals surface area contributed by atoms with Gasteiger partial charge in [-0.25, -0.2) is 0 Å². The molecule has 0 bridgehead atoms. The van der Waals surface area contributed by atoms with Crippen molar-refractivity contribution in [3.05, 3.63) is 30.0 Å². The Balaban J connectivity index is 2.59. The van der Waals surface area contributed by atoms with Crippen LogP contribution in [0.1, 0.15) is 18.6 Å². The van der Waals surface area contributed by atoms with E-state index in [2.05, 4.69) is 4.98 Å². The highest BCUT2D eigenvalue weighted by molar-refractivity contribution is 5.84. The van der Waals surface area contributed by atoms with Crippen molar-refractivity contribution in [2.24, 2.45) is 0 Å². The SMILES string of the molecule is COc1ccc2c(C(C)O)c[nH]c2c1. The molecule has 3 nitrogen and oxygen atoms in total. The smallest absolute Gasteiger partial charge is 0.120 e. The van der Waals surface area contributed by atoms with E-state index in [-0.39, 0.29) is 0 Å². The quantitative estimate of drug-likeness (QED) is 0.764. The monoisotopic (exact) mass is 191 g/mol. The van der Waals surface area contributed by atoms with Gasteiger partial charge in [-0.15, -0.1) is 0 Å². The number of rotatable bonds is 2. The molecule has 0 amide bonds. The van der Waals surface area contributed by atoms with Crippen LogP contribution in [0.2, 0.25) is 0 Å². The maximum atomic E-state index is 9.49. The first-order valence-corrected chi connectivity index (χ1v) is 4.55. The zero-order valence-corrected chi connectivity index (χ0v) is 8.24. The van der Waals surface area contributed by atoms with E-state index in [9.17, 15) is 5.11 Å². The normalized spacial score (nSPS) is 13.1. The third kappa shape index (κ3) is 1.36. The van der Waals surface area contributed by atoms with Crippen LogP contribution in [0.4, 0.5) is 0 Å². The van der Waals surface area contributed by atoms with Crippen LogP contribution in [-0.4, -0.2) is 17.2 Å². The fourth-order valence-electron chi connectivity index (χ4n) is 1.60. The van der Waals surface area contributed by atoms with Gasteiger partial charge in [0.25, 0.3) is 0 Å². The Morgan fingerprint density at radius 1 is 1.43 bits per heavy atom. The summed E-state index contributed by atoms with van der Waals surface area (Å²) in [6, 6.07) is 5.76. The fraction of sp³-hybridized carbons (Fsp3) is 0.273. The predicted octanol–water partition coefficient (Wildman–Crippen LogP) is 2.23. The number of nitrogens with one attached hydrogen (secondary N) is 1. The van der Waals surface area contributed by atoms with Gasteiger partial charge < -0.3 is 14.8 Å². The third-order valence-electron chi connectivity index (χ3n) is 2.37. The van der Waals surface area contributed by atoms with Crippen molar-refractivity contribution >= 4 is 10.9 Å². The first-order chi connectivity index (χ1) is 6.72. The van der Waals surface area contributed by atoms with E-state index in [0.717, 1.165) is 22.2 Å². The van der Waals surface area contributed by atoms with Gasteiger partial charge in [0.15, 0.2) is 0 Å². The second kappa shape index (κ2) is 3.35. The number of hydrogen-bond acceptors (Lipinski definition) is 2. The lowest BCUT2D eigenvalue weighted by molar-refractivity contribution is 0.201. The van der Waals surface area contributed by atoms with Crippen LogP contribution in [0.5, 0.6) is 5.75 Å². The van der Waals surface area contributed by atoms with Gasteiger partial charge in [-0.05, 0) is 19.1 Å². The highest BCUT2D eigenvalue weighted by Gasteiger charge is 2.08. The predicted molar refractivity (Wildman–Crippen MR) is 55.5 cm³/mol. The molecule has 14 heavy (non-hydrogen) atoms. The summed E-state index contributed by atoms with van der Waals surface area (Å²) in [6.45, 7) is 1.76. The molecule has 1 aromatic carbocycles. The van der Waals surface area contributed by atoms with Crippen LogP contribution in [0.3, 0.4) is 0 Å². The Bertz CT molecular complexity index is 445. The molecule has 0 fully saturated rings. The van der Waals surface area contributed by atoms with E-state index < -0.39 is 6.10 Å². The van der Waals surface area contributed by atoms with Crippen molar-refractivity contribution in [1.82, 2.24) is 4.98 Å². The summed E-state index contributed by atoms with van der Waals surface area (Å²) >= 11 is 0. The third-order valence-corrected chi connectivity index (χ3v) is 2.37. The van der Waals surface area contributed by atoms with Crippen molar-refractivity contribution < 1.29 is 9.84 Å². The van der Waals surface area contributed by atoms with E-state index >= 15 is 0 Å². The second-order valence-electron chi connectivity index (χ2n) is 3.33. The second-order valence-corrected chi connectivity index (χ2v) is 3.33. The number of methoxy groups -OCH3 is 1. The molecule has 74 valence electrons. The molecule has 0 radical (unpaired) electrons. The maximum Gasteiger partial charge on any atom is 0.120 e. The Morgan fingerprint density at radius 3 is 2.86 bits per heavy atom. The lowest BCUT2D eigenvalue weighted by Crippen LogP contribution is -1.88. The van der Waals surface area contributed by atoms with Crippen molar-refractivity contribution in [3.8, 4) is 5.75 Å². The summed E-state index contributed by atoms with van der Waals surface area (Å²) < 4.78 is 5.11. The molecule has 0 saturated heterocycles. The van der Waals surface area contributed by atoms with Crippen molar-refractivity contribution in [1.29, 1.82) is 0 Å². The zero-order valence-electron chi connectivity index (χ0n) is 8.24. The van der Waals surface area contributed by atoms with Crippen LogP contribution >= 0.6 is 0 Å². The van der Waals surface area contributed by atoms with Crippen molar-refractivity contribution in [2.75, 3.05) is 7.11 Å². The minimum absolute atomic E-state index is 0.447. The number of benzene rings is 1. The Morgan fingerprint density at radius 2 is 2.21 bits per heavy atom. The van der Waals surface area contributed by atoms with Gasteiger partial charge in [-0.1, -0.05) is 0 Å². The average Bonchev–Trinajstić information content (AvgIpc) is 2.59. The van der Waals surface area contributed by atoms with Crippen LogP contribution in [0.15, 0.2) is 24.4 Å². The highest BCUT2D eigenvalue weighted by atomic mass is 16.5. The van der Waals surface area contributed by atoms with Gasteiger partial charge in [0.05, 0.1) is 13.2 Å². The number of ether oxygens (including phenoxy) is 1. The van der Waals surface area contributed by atoms with Crippen LogP contribution in [0.25, 0.3) is 10.9 Å². The number of H-pyrrole nitrogens is 1. The van der Waals surface area contributed by atoms with E-state index in [4.69, 9.17) is 4.74 Å². The first kappa shape index (κ1) is 9.09. The number of aliphatic hydroxyl groups is 1. The number of hydrogen-bond donors (Lipinski definition) is 2. The summed E-state index contributed by atoms with van der Waals surface area (Å²) in [5.74, 6) is 0.816. The van der Waals surface area contributed by atoms with E-state index in [1.54, 1.807) is 14.0 Å². The van der Waals surface area contributed by atoms with Crippen LogP contribution in [0, 0.1) is 0 Å². The molecule has 0 saturated carbocycles. The molecule has 0 aliphatic heterocycles. The first-order valence-electron chi connectivity index (χ1n) is 4.55. The average molecular weight is 191 g/mol. The lowest BCUT2D eigenvalue weighted by Gasteiger charge is -2.02. The van der Waals surface area contributed by atoms with Gasteiger partial charge in [0, 0.05) is 28.7 Å². The molecule has 3 heteroatoms. The summed E-state index contributed by atoms with van der Waals surface area (Å²) in [6.07, 6.45) is 1.38. The molecule has 0 spiro atoms. The van der Waals surface area contributed by atoms with E-state index in [1.807, 2.05) is 24.4 Å². The molecular formula is C11H13NO2. The van der Waals surface area contributed by atoms with E-state index in [1.165, 1.54) is 0 Å². The molecule has 0 aliphatic rings. The molecule has 1 unspecified atom stereocenters. The standard InChI is InChI=1S/C11H13NO2/c1-7(13)10-6-12-11-5-8(14-2)3-4-9(10)11/h3-7,12-13H,1-2H3. The topological polar surface area (TPSA) is 45.2 Å². The van der Waals surface area contributed by atoms with Gasteiger partial charge >= 0.3 is 0 Å². The molecule has 2 rings (SSSR count). The van der Waals surface area contributed by atoms with Gasteiger partial charge in [-0.3, -0.25) is 0 Å². The minimum Gasteiger partial charge on any atom is -0.497 e. The molecule has 0 aliphatic carbocycles. The van der Waals surface area contributed by atoms with Gasteiger partial charge in [0.1, 0.15) is 5.75 Å². The zero-order chi connectivity index (χ0) is 10.1. The fourth-order valence-corrected chi connectivity index (χ4v) is 1.60.